The maximum absolute atomic E-state index is 13.0. The maximum Gasteiger partial charge on any atom is 0.418 e. The van der Waals surface area contributed by atoms with Gasteiger partial charge in [-0.3, -0.25) is 14.5 Å². The minimum Gasteiger partial charge on any atom is -0.367 e. The second-order valence-corrected chi connectivity index (χ2v) is 6.39. The van der Waals surface area contributed by atoms with E-state index in [9.17, 15) is 22.8 Å². The van der Waals surface area contributed by atoms with Crippen LogP contribution in [0.3, 0.4) is 0 Å². The van der Waals surface area contributed by atoms with Gasteiger partial charge in [0.25, 0.3) is 11.1 Å². The van der Waals surface area contributed by atoms with Crippen LogP contribution in [0.5, 0.6) is 0 Å². The number of alkyl halides is 3. The molecule has 26 heavy (non-hydrogen) atoms. The molecular weight excluding hydrogens is 365 g/mol. The van der Waals surface area contributed by atoms with Crippen LogP contribution in [0.25, 0.3) is 6.08 Å². The number of rotatable bonds is 4. The fourth-order valence-corrected chi connectivity index (χ4v) is 3.22. The molecule has 1 saturated heterocycles. The second kappa shape index (κ2) is 7.25. The van der Waals surface area contributed by atoms with Crippen molar-refractivity contribution in [3.63, 3.8) is 0 Å². The summed E-state index contributed by atoms with van der Waals surface area (Å²) < 4.78 is 39.0. The van der Waals surface area contributed by atoms with Gasteiger partial charge in [-0.1, -0.05) is 42.5 Å². The number of anilines is 1. The molecule has 0 radical (unpaired) electrons. The molecule has 0 bridgehead atoms. The standard InChI is InChI=1S/C18H13F3N2O2S/c19-18(20,21)13-8-4-5-9-14(13)22-11-23-16(24)15(26-17(23)25)10-12-6-2-1-3-7-12/h1-10,22H,11H2/b15-10+. The van der Waals surface area contributed by atoms with E-state index in [4.69, 9.17) is 0 Å². The summed E-state index contributed by atoms with van der Waals surface area (Å²) >= 11 is 0.758. The lowest BCUT2D eigenvalue weighted by Gasteiger charge is -2.18. The van der Waals surface area contributed by atoms with Crippen LogP contribution in [-0.4, -0.2) is 22.7 Å². The van der Waals surface area contributed by atoms with Gasteiger partial charge in [0.15, 0.2) is 0 Å². The number of amides is 2. The summed E-state index contributed by atoms with van der Waals surface area (Å²) in [7, 11) is 0. The van der Waals surface area contributed by atoms with Gasteiger partial charge in [0, 0.05) is 5.69 Å². The molecule has 1 N–H and O–H groups in total. The van der Waals surface area contributed by atoms with Gasteiger partial charge in [-0.2, -0.15) is 13.2 Å². The molecule has 0 atom stereocenters. The van der Waals surface area contributed by atoms with Crippen molar-refractivity contribution in [3.8, 4) is 0 Å². The van der Waals surface area contributed by atoms with Crippen LogP contribution in [0.4, 0.5) is 23.7 Å². The first-order valence-corrected chi connectivity index (χ1v) is 8.38. The van der Waals surface area contributed by atoms with Crippen molar-refractivity contribution in [2.45, 2.75) is 6.18 Å². The molecule has 0 unspecified atom stereocenters. The Labute approximate surface area is 151 Å². The van der Waals surface area contributed by atoms with Crippen LogP contribution in [0, 0.1) is 0 Å². The number of carbonyl (C=O) groups excluding carboxylic acids is 2. The van der Waals surface area contributed by atoms with Gasteiger partial charge in [-0.05, 0) is 35.5 Å². The molecule has 8 heteroatoms. The van der Waals surface area contributed by atoms with Crippen molar-refractivity contribution in [3.05, 3.63) is 70.6 Å². The van der Waals surface area contributed by atoms with E-state index in [1.807, 2.05) is 6.07 Å². The predicted molar refractivity (Wildman–Crippen MR) is 94.2 cm³/mol. The van der Waals surface area contributed by atoms with E-state index in [0.717, 1.165) is 28.3 Å². The monoisotopic (exact) mass is 378 g/mol. The summed E-state index contributed by atoms with van der Waals surface area (Å²) in [6.45, 7) is -0.343. The Kier molecular flexibility index (Phi) is 5.03. The number of hydrogen-bond acceptors (Lipinski definition) is 4. The van der Waals surface area contributed by atoms with E-state index in [1.165, 1.54) is 18.2 Å². The van der Waals surface area contributed by atoms with Crippen LogP contribution in [0.15, 0.2) is 59.5 Å². The molecule has 4 nitrogen and oxygen atoms in total. The van der Waals surface area contributed by atoms with Gasteiger partial charge >= 0.3 is 6.18 Å². The van der Waals surface area contributed by atoms with Crippen LogP contribution in [-0.2, 0) is 11.0 Å². The van der Waals surface area contributed by atoms with E-state index in [-0.39, 0.29) is 17.3 Å². The Morgan fingerprint density at radius 2 is 1.65 bits per heavy atom. The zero-order chi connectivity index (χ0) is 18.7. The molecule has 2 aromatic carbocycles. The van der Waals surface area contributed by atoms with Gasteiger partial charge in [0.05, 0.1) is 17.1 Å². The van der Waals surface area contributed by atoms with Crippen molar-refractivity contribution in [2.24, 2.45) is 0 Å². The fourth-order valence-electron chi connectivity index (χ4n) is 2.39. The third kappa shape index (κ3) is 3.91. The largest absolute Gasteiger partial charge is 0.418 e. The Morgan fingerprint density at radius 1 is 1.00 bits per heavy atom. The summed E-state index contributed by atoms with van der Waals surface area (Å²) in [6.07, 6.45) is -2.95. The lowest BCUT2D eigenvalue weighted by atomic mass is 10.1. The molecule has 1 fully saturated rings. The summed E-state index contributed by atoms with van der Waals surface area (Å²) in [5.41, 5.74) is -0.286. The molecule has 134 valence electrons. The first-order chi connectivity index (χ1) is 12.4. The van der Waals surface area contributed by atoms with E-state index in [1.54, 1.807) is 30.3 Å². The Balaban J connectivity index is 1.75. The average molecular weight is 378 g/mol. The SMILES string of the molecule is O=C1S/C(=C/c2ccccc2)C(=O)N1CNc1ccccc1C(F)(F)F. The van der Waals surface area contributed by atoms with Crippen LogP contribution in [0.2, 0.25) is 0 Å². The van der Waals surface area contributed by atoms with Gasteiger partial charge in [-0.25, -0.2) is 0 Å². The van der Waals surface area contributed by atoms with E-state index >= 15 is 0 Å². The average Bonchev–Trinajstić information content (AvgIpc) is 2.87. The number of nitrogens with one attached hydrogen (secondary N) is 1. The maximum atomic E-state index is 13.0. The normalized spacial score (nSPS) is 16.4. The summed E-state index contributed by atoms with van der Waals surface area (Å²) in [5, 5.41) is 2.00. The minimum atomic E-state index is -4.53. The lowest BCUT2D eigenvalue weighted by Crippen LogP contribution is -2.33. The van der Waals surface area contributed by atoms with Crippen molar-refractivity contribution in [1.82, 2.24) is 4.90 Å². The first kappa shape index (κ1) is 18.1. The number of hydrogen-bond donors (Lipinski definition) is 1. The fraction of sp³-hybridized carbons (Fsp3) is 0.111. The van der Waals surface area contributed by atoms with Crippen molar-refractivity contribution in [1.29, 1.82) is 0 Å². The molecule has 0 aliphatic carbocycles. The topological polar surface area (TPSA) is 49.4 Å². The molecule has 1 aliphatic rings. The van der Waals surface area contributed by atoms with Gasteiger partial charge in [-0.15, -0.1) is 0 Å². The molecule has 0 saturated carbocycles. The molecule has 2 aromatic rings. The predicted octanol–water partition coefficient (Wildman–Crippen LogP) is 4.81. The highest BCUT2D eigenvalue weighted by Crippen LogP contribution is 2.35. The number of benzene rings is 2. The van der Waals surface area contributed by atoms with Crippen LogP contribution < -0.4 is 5.32 Å². The van der Waals surface area contributed by atoms with Gasteiger partial charge in [0.2, 0.25) is 0 Å². The van der Waals surface area contributed by atoms with Crippen LogP contribution in [0.1, 0.15) is 11.1 Å². The number of halogens is 3. The van der Waals surface area contributed by atoms with Crippen molar-refractivity contribution >= 4 is 34.7 Å². The molecule has 3 rings (SSSR count). The molecular formula is C18H13F3N2O2S. The highest BCUT2D eigenvalue weighted by atomic mass is 32.2. The molecule has 1 heterocycles. The number of para-hydroxylation sites is 1. The smallest absolute Gasteiger partial charge is 0.367 e. The minimum absolute atomic E-state index is 0.189. The highest BCUT2D eigenvalue weighted by Gasteiger charge is 2.36. The van der Waals surface area contributed by atoms with E-state index < -0.39 is 22.9 Å². The Bertz CT molecular complexity index is 866. The first-order valence-electron chi connectivity index (χ1n) is 7.57. The number of thioether (sulfide) groups is 1. The molecule has 2 amide bonds. The number of imide groups is 1. The molecule has 0 spiro atoms. The molecule has 0 aromatic heterocycles. The zero-order valence-corrected chi connectivity index (χ0v) is 14.1. The summed E-state index contributed by atoms with van der Waals surface area (Å²) in [5.74, 6) is -0.541. The number of carbonyl (C=O) groups is 2. The van der Waals surface area contributed by atoms with Gasteiger partial charge < -0.3 is 5.32 Å². The zero-order valence-electron chi connectivity index (χ0n) is 13.3. The second-order valence-electron chi connectivity index (χ2n) is 5.40. The van der Waals surface area contributed by atoms with Crippen LogP contribution >= 0.6 is 11.8 Å². The number of nitrogens with zero attached hydrogens (tertiary/aromatic N) is 1. The Morgan fingerprint density at radius 3 is 2.35 bits per heavy atom. The van der Waals surface area contributed by atoms with Gasteiger partial charge in [0.1, 0.15) is 0 Å². The summed E-state index contributed by atoms with van der Waals surface area (Å²) in [6, 6.07) is 13.9. The lowest BCUT2D eigenvalue weighted by molar-refractivity contribution is -0.137. The third-order valence-corrected chi connectivity index (χ3v) is 4.54. The van der Waals surface area contributed by atoms with E-state index in [0.29, 0.717) is 0 Å². The Hall–Kier alpha value is -2.74. The van der Waals surface area contributed by atoms with Crippen molar-refractivity contribution in [2.75, 3.05) is 12.0 Å². The van der Waals surface area contributed by atoms with E-state index in [2.05, 4.69) is 5.32 Å². The van der Waals surface area contributed by atoms with Crippen molar-refractivity contribution < 1.29 is 22.8 Å². The molecule has 1 aliphatic heterocycles. The quantitative estimate of drug-likeness (QED) is 0.776. The summed E-state index contributed by atoms with van der Waals surface area (Å²) in [4.78, 5) is 25.5. The third-order valence-electron chi connectivity index (χ3n) is 3.63. The highest BCUT2D eigenvalue weighted by molar-refractivity contribution is 8.18.